The third-order valence-corrected chi connectivity index (χ3v) is 2.97. The van der Waals surface area contributed by atoms with Gasteiger partial charge in [0.2, 0.25) is 0 Å². The molecule has 1 N–H and O–H groups in total. The molecular weight excluding hydrogens is 279 g/mol. The highest BCUT2D eigenvalue weighted by atomic mass is 19.1. The standard InChI is InChI=1S/C14H17FN2O4/c15-11-4-1-2-5-12(11)21-10-13(18)16-6-3-7-17-8-9-20-14(17)19/h1-2,4-5H,3,6-10H2,(H,16,18). The van der Waals surface area contributed by atoms with E-state index in [9.17, 15) is 14.0 Å². The Hall–Kier alpha value is -2.31. The van der Waals surface area contributed by atoms with E-state index in [2.05, 4.69) is 5.32 Å². The Morgan fingerprint density at radius 2 is 2.24 bits per heavy atom. The lowest BCUT2D eigenvalue weighted by atomic mass is 10.3. The normalized spacial score (nSPS) is 14.0. The van der Waals surface area contributed by atoms with Crippen LogP contribution in [0, 0.1) is 5.82 Å². The summed E-state index contributed by atoms with van der Waals surface area (Å²) in [6, 6.07) is 5.90. The summed E-state index contributed by atoms with van der Waals surface area (Å²) in [4.78, 5) is 24.3. The molecule has 1 saturated heterocycles. The van der Waals surface area contributed by atoms with Crippen molar-refractivity contribution < 1.29 is 23.5 Å². The number of hydrogen-bond donors (Lipinski definition) is 1. The van der Waals surface area contributed by atoms with Gasteiger partial charge in [0.05, 0.1) is 6.54 Å². The van der Waals surface area contributed by atoms with Crippen LogP contribution >= 0.6 is 0 Å². The van der Waals surface area contributed by atoms with Crippen LogP contribution in [0.25, 0.3) is 0 Å². The number of carbonyl (C=O) groups is 2. The molecule has 0 unspecified atom stereocenters. The predicted octanol–water partition coefficient (Wildman–Crippen LogP) is 1.16. The fourth-order valence-corrected chi connectivity index (χ4v) is 1.88. The highest BCUT2D eigenvalue weighted by molar-refractivity contribution is 5.77. The minimum Gasteiger partial charge on any atom is -0.481 e. The van der Waals surface area contributed by atoms with E-state index < -0.39 is 5.82 Å². The van der Waals surface area contributed by atoms with Crippen molar-refractivity contribution in [3.05, 3.63) is 30.1 Å². The van der Waals surface area contributed by atoms with Gasteiger partial charge in [0, 0.05) is 13.1 Å². The average molecular weight is 296 g/mol. The molecular formula is C14H17FN2O4. The van der Waals surface area contributed by atoms with Crippen molar-refractivity contribution in [3.63, 3.8) is 0 Å². The Morgan fingerprint density at radius 1 is 1.43 bits per heavy atom. The second-order valence-electron chi connectivity index (χ2n) is 4.52. The predicted molar refractivity (Wildman–Crippen MR) is 72.4 cm³/mol. The van der Waals surface area contributed by atoms with Crippen molar-refractivity contribution in [1.82, 2.24) is 10.2 Å². The first-order chi connectivity index (χ1) is 10.2. The molecule has 21 heavy (non-hydrogen) atoms. The third kappa shape index (κ3) is 4.62. The zero-order valence-electron chi connectivity index (χ0n) is 11.5. The summed E-state index contributed by atoms with van der Waals surface area (Å²) in [5.74, 6) is -0.785. The molecule has 1 aromatic rings. The number of hydrogen-bond acceptors (Lipinski definition) is 4. The number of ether oxygens (including phenoxy) is 2. The van der Waals surface area contributed by atoms with Gasteiger partial charge in [0.25, 0.3) is 5.91 Å². The van der Waals surface area contributed by atoms with Crippen molar-refractivity contribution in [2.45, 2.75) is 6.42 Å². The van der Waals surface area contributed by atoms with Crippen LogP contribution in [0.4, 0.5) is 9.18 Å². The molecule has 2 rings (SSSR count). The average Bonchev–Trinajstić information content (AvgIpc) is 2.88. The van der Waals surface area contributed by atoms with Gasteiger partial charge in [-0.25, -0.2) is 9.18 Å². The first kappa shape index (κ1) is 15.1. The van der Waals surface area contributed by atoms with Gasteiger partial charge in [0.1, 0.15) is 6.61 Å². The molecule has 2 amide bonds. The molecule has 0 bridgehead atoms. The van der Waals surface area contributed by atoms with E-state index in [1.54, 1.807) is 17.0 Å². The molecule has 6 nitrogen and oxygen atoms in total. The molecule has 1 aliphatic heterocycles. The maximum absolute atomic E-state index is 13.3. The van der Waals surface area contributed by atoms with Crippen molar-refractivity contribution in [1.29, 1.82) is 0 Å². The summed E-state index contributed by atoms with van der Waals surface area (Å²) in [6.07, 6.45) is 0.310. The van der Waals surface area contributed by atoms with Crippen molar-refractivity contribution >= 4 is 12.0 Å². The maximum atomic E-state index is 13.3. The summed E-state index contributed by atoms with van der Waals surface area (Å²) < 4.78 is 23.1. The van der Waals surface area contributed by atoms with Crippen molar-refractivity contribution in [2.24, 2.45) is 0 Å². The smallest absolute Gasteiger partial charge is 0.409 e. The van der Waals surface area contributed by atoms with Gasteiger partial charge in [-0.05, 0) is 18.6 Å². The Bertz CT molecular complexity index is 510. The Balaban J connectivity index is 1.59. The van der Waals surface area contributed by atoms with Gasteiger partial charge < -0.3 is 19.7 Å². The Morgan fingerprint density at radius 3 is 2.95 bits per heavy atom. The van der Waals surface area contributed by atoms with Crippen molar-refractivity contribution in [2.75, 3.05) is 32.8 Å². The van der Waals surface area contributed by atoms with E-state index in [1.165, 1.54) is 12.1 Å². The highest BCUT2D eigenvalue weighted by Crippen LogP contribution is 2.14. The summed E-state index contributed by atoms with van der Waals surface area (Å²) >= 11 is 0. The lowest BCUT2D eigenvalue weighted by Crippen LogP contribution is -2.33. The summed E-state index contributed by atoms with van der Waals surface area (Å²) in [6.45, 7) is 1.72. The quantitative estimate of drug-likeness (QED) is 0.767. The van der Waals surface area contributed by atoms with Crippen LogP contribution in [0.5, 0.6) is 5.75 Å². The van der Waals surface area contributed by atoms with Crippen LogP contribution in [0.2, 0.25) is 0 Å². The first-order valence-electron chi connectivity index (χ1n) is 6.72. The molecule has 0 aromatic heterocycles. The largest absolute Gasteiger partial charge is 0.481 e. The van der Waals surface area contributed by atoms with E-state index in [0.717, 1.165) is 0 Å². The molecule has 114 valence electrons. The maximum Gasteiger partial charge on any atom is 0.409 e. The van der Waals surface area contributed by atoms with Crippen LogP contribution in [0.1, 0.15) is 6.42 Å². The monoisotopic (exact) mass is 296 g/mol. The van der Waals surface area contributed by atoms with Crippen LogP contribution in [-0.4, -0.2) is 49.7 Å². The molecule has 0 spiro atoms. The number of rotatable bonds is 7. The first-order valence-corrected chi connectivity index (χ1v) is 6.72. The van der Waals surface area contributed by atoms with E-state index in [4.69, 9.17) is 9.47 Å². The minimum atomic E-state index is -0.502. The van der Waals surface area contributed by atoms with E-state index in [0.29, 0.717) is 32.7 Å². The van der Waals surface area contributed by atoms with Gasteiger partial charge in [-0.3, -0.25) is 4.79 Å². The number of halogens is 1. The van der Waals surface area contributed by atoms with Crippen LogP contribution < -0.4 is 10.1 Å². The number of carbonyl (C=O) groups excluding carboxylic acids is 2. The molecule has 0 atom stereocenters. The summed E-state index contributed by atoms with van der Waals surface area (Å²) in [7, 11) is 0. The van der Waals surface area contributed by atoms with Gasteiger partial charge in [-0.2, -0.15) is 0 Å². The van der Waals surface area contributed by atoms with Gasteiger partial charge in [0.15, 0.2) is 18.2 Å². The van der Waals surface area contributed by atoms with E-state index in [-0.39, 0.29) is 24.4 Å². The number of nitrogens with zero attached hydrogens (tertiary/aromatic N) is 1. The molecule has 1 aliphatic rings. The summed E-state index contributed by atoms with van der Waals surface area (Å²) in [5, 5.41) is 2.65. The SMILES string of the molecule is O=C(COc1ccccc1F)NCCCN1CCOC1=O. The number of amides is 2. The fourth-order valence-electron chi connectivity index (χ4n) is 1.88. The van der Waals surface area contributed by atoms with E-state index in [1.807, 2.05) is 0 Å². The molecule has 0 radical (unpaired) electrons. The second-order valence-corrected chi connectivity index (χ2v) is 4.52. The zero-order chi connectivity index (χ0) is 15.1. The van der Waals surface area contributed by atoms with Gasteiger partial charge in [-0.15, -0.1) is 0 Å². The number of cyclic esters (lactones) is 1. The highest BCUT2D eigenvalue weighted by Gasteiger charge is 2.20. The Kier molecular flexibility index (Phi) is 5.36. The lowest BCUT2D eigenvalue weighted by Gasteiger charge is -2.12. The van der Waals surface area contributed by atoms with E-state index >= 15 is 0 Å². The zero-order valence-corrected chi connectivity index (χ0v) is 11.5. The number of nitrogens with one attached hydrogen (secondary N) is 1. The second kappa shape index (κ2) is 7.47. The topological polar surface area (TPSA) is 67.9 Å². The molecule has 7 heteroatoms. The van der Waals surface area contributed by atoms with Gasteiger partial charge in [-0.1, -0.05) is 12.1 Å². The lowest BCUT2D eigenvalue weighted by molar-refractivity contribution is -0.123. The molecule has 0 saturated carbocycles. The van der Waals surface area contributed by atoms with Crippen LogP contribution in [-0.2, 0) is 9.53 Å². The molecule has 1 aromatic carbocycles. The third-order valence-electron chi connectivity index (χ3n) is 2.97. The summed E-state index contributed by atoms with van der Waals surface area (Å²) in [5.41, 5.74) is 0. The minimum absolute atomic E-state index is 0.0486. The number of benzene rings is 1. The van der Waals surface area contributed by atoms with Crippen LogP contribution in [0.3, 0.4) is 0 Å². The molecule has 0 aliphatic carbocycles. The molecule has 1 fully saturated rings. The Labute approximate surface area is 121 Å². The number of para-hydroxylation sites is 1. The van der Waals surface area contributed by atoms with Gasteiger partial charge >= 0.3 is 6.09 Å². The van der Waals surface area contributed by atoms with Crippen molar-refractivity contribution in [3.8, 4) is 5.75 Å². The fraction of sp³-hybridized carbons (Fsp3) is 0.429. The van der Waals surface area contributed by atoms with Crippen LogP contribution in [0.15, 0.2) is 24.3 Å². The molecule has 1 heterocycles.